The average molecular weight is 391 g/mol. The molecule has 2 heterocycles. The van der Waals surface area contributed by atoms with Crippen LogP contribution in [0.1, 0.15) is 26.5 Å². The Kier molecular flexibility index (Phi) is 5.88. The van der Waals surface area contributed by atoms with Crippen molar-refractivity contribution in [1.29, 1.82) is 0 Å². The number of methoxy groups -OCH3 is 1. The van der Waals surface area contributed by atoms with E-state index in [9.17, 15) is 9.59 Å². The Labute approximate surface area is 161 Å². The highest BCUT2D eigenvalue weighted by molar-refractivity contribution is 6.33. The minimum atomic E-state index is -0.483. The lowest BCUT2D eigenvalue weighted by atomic mass is 10.2. The van der Waals surface area contributed by atoms with Gasteiger partial charge in [-0.1, -0.05) is 11.6 Å². The summed E-state index contributed by atoms with van der Waals surface area (Å²) >= 11 is 6.20. The van der Waals surface area contributed by atoms with Crippen LogP contribution in [0, 0.1) is 6.92 Å². The van der Waals surface area contributed by atoms with Crippen molar-refractivity contribution in [2.45, 2.75) is 6.92 Å². The topological polar surface area (TPSA) is 93.6 Å². The first-order chi connectivity index (χ1) is 13.0. The fourth-order valence-corrected chi connectivity index (χ4v) is 2.81. The van der Waals surface area contributed by atoms with Gasteiger partial charge >= 0.3 is 5.97 Å². The van der Waals surface area contributed by atoms with E-state index in [0.29, 0.717) is 48.3 Å². The summed E-state index contributed by atoms with van der Waals surface area (Å²) in [4.78, 5) is 34.7. The number of nitrogens with one attached hydrogen (secondary N) is 1. The van der Waals surface area contributed by atoms with E-state index in [1.54, 1.807) is 36.1 Å². The van der Waals surface area contributed by atoms with Crippen molar-refractivity contribution in [1.82, 2.24) is 14.9 Å². The number of rotatable bonds is 4. The molecule has 0 atom stereocenters. The second-order valence-electron chi connectivity index (χ2n) is 5.93. The van der Waals surface area contributed by atoms with Crippen LogP contribution in [0.3, 0.4) is 0 Å². The molecule has 3 rings (SSSR count). The first-order valence-corrected chi connectivity index (χ1v) is 8.73. The van der Waals surface area contributed by atoms with Crippen LogP contribution in [0.5, 0.6) is 0 Å². The molecule has 1 aliphatic rings. The molecule has 9 heteroatoms. The average Bonchev–Trinajstić information content (AvgIpc) is 2.68. The van der Waals surface area contributed by atoms with Crippen LogP contribution < -0.4 is 5.32 Å². The van der Waals surface area contributed by atoms with Crippen molar-refractivity contribution in [3.63, 3.8) is 0 Å². The van der Waals surface area contributed by atoms with Gasteiger partial charge in [0.1, 0.15) is 5.69 Å². The molecule has 0 bridgehead atoms. The Hall–Kier alpha value is -2.71. The molecular formula is C18H19ClN4O4. The molecule has 1 amide bonds. The highest BCUT2D eigenvalue weighted by Gasteiger charge is 2.21. The molecule has 0 radical (unpaired) electrons. The van der Waals surface area contributed by atoms with E-state index in [0.717, 1.165) is 0 Å². The molecule has 1 aromatic carbocycles. The van der Waals surface area contributed by atoms with Gasteiger partial charge < -0.3 is 19.7 Å². The number of hydrogen-bond acceptors (Lipinski definition) is 7. The van der Waals surface area contributed by atoms with Gasteiger partial charge in [0.05, 0.1) is 36.6 Å². The van der Waals surface area contributed by atoms with Crippen LogP contribution in [0.15, 0.2) is 24.3 Å². The third-order valence-electron chi connectivity index (χ3n) is 4.01. The standard InChI is InChI=1S/C18H19ClN4O4/c1-11-9-15(16(24)23-5-7-27-8-6-23)22-18(20-11)21-14-10-12(17(25)26-2)3-4-13(14)19/h3-4,9-10H,5-8H2,1-2H3,(H,20,21,22). The SMILES string of the molecule is COC(=O)c1ccc(Cl)c(Nc2nc(C)cc(C(=O)N3CCOCC3)n2)c1. The zero-order chi connectivity index (χ0) is 19.4. The highest BCUT2D eigenvalue weighted by atomic mass is 35.5. The van der Waals surface area contributed by atoms with E-state index in [4.69, 9.17) is 21.1 Å². The molecule has 1 aliphatic heterocycles. The van der Waals surface area contributed by atoms with Crippen LogP contribution in [0.4, 0.5) is 11.6 Å². The first kappa shape index (κ1) is 19.1. The predicted molar refractivity (Wildman–Crippen MR) is 99.6 cm³/mol. The second kappa shape index (κ2) is 8.32. The summed E-state index contributed by atoms with van der Waals surface area (Å²) in [6.45, 7) is 3.85. The van der Waals surface area contributed by atoms with Crippen molar-refractivity contribution in [2.75, 3.05) is 38.7 Å². The number of esters is 1. The van der Waals surface area contributed by atoms with Crippen LogP contribution in [0.25, 0.3) is 0 Å². The van der Waals surface area contributed by atoms with Gasteiger partial charge in [-0.3, -0.25) is 4.79 Å². The van der Waals surface area contributed by atoms with Gasteiger partial charge in [0.2, 0.25) is 5.95 Å². The molecule has 27 heavy (non-hydrogen) atoms. The maximum Gasteiger partial charge on any atom is 0.337 e. The number of carbonyl (C=O) groups is 2. The molecule has 142 valence electrons. The summed E-state index contributed by atoms with van der Waals surface area (Å²) in [5.41, 5.74) is 1.69. The van der Waals surface area contributed by atoms with Gasteiger partial charge in [-0.15, -0.1) is 0 Å². The molecule has 0 unspecified atom stereocenters. The number of carbonyl (C=O) groups excluding carboxylic acids is 2. The van der Waals surface area contributed by atoms with Gasteiger partial charge in [-0.2, -0.15) is 0 Å². The van der Waals surface area contributed by atoms with Gasteiger partial charge in [-0.25, -0.2) is 14.8 Å². The van der Waals surface area contributed by atoms with E-state index in [-0.39, 0.29) is 17.5 Å². The number of amides is 1. The summed E-state index contributed by atoms with van der Waals surface area (Å²) in [5.74, 6) is -0.445. The van der Waals surface area contributed by atoms with Crippen LogP contribution in [0.2, 0.25) is 5.02 Å². The molecule has 1 fully saturated rings. The van der Waals surface area contributed by atoms with Crippen molar-refractivity contribution in [2.24, 2.45) is 0 Å². The monoisotopic (exact) mass is 390 g/mol. The summed E-state index contributed by atoms with van der Waals surface area (Å²) in [7, 11) is 1.30. The maximum absolute atomic E-state index is 12.7. The zero-order valence-corrected chi connectivity index (χ0v) is 15.7. The molecule has 0 aliphatic carbocycles. The lowest BCUT2D eigenvalue weighted by Gasteiger charge is -2.26. The third-order valence-corrected chi connectivity index (χ3v) is 4.34. The Morgan fingerprint density at radius 2 is 1.96 bits per heavy atom. The first-order valence-electron chi connectivity index (χ1n) is 8.35. The zero-order valence-electron chi connectivity index (χ0n) is 15.0. The largest absolute Gasteiger partial charge is 0.465 e. The fraction of sp³-hybridized carbons (Fsp3) is 0.333. The number of aryl methyl sites for hydroxylation is 1. The maximum atomic E-state index is 12.7. The summed E-state index contributed by atoms with van der Waals surface area (Å²) in [6, 6.07) is 6.31. The Bertz CT molecular complexity index is 868. The van der Waals surface area contributed by atoms with Crippen LogP contribution >= 0.6 is 11.6 Å². The van der Waals surface area contributed by atoms with Gasteiger partial charge in [0.15, 0.2) is 0 Å². The number of anilines is 2. The van der Waals surface area contributed by atoms with Crippen LogP contribution in [-0.4, -0.2) is 60.2 Å². The smallest absolute Gasteiger partial charge is 0.337 e. The summed E-state index contributed by atoms with van der Waals surface area (Å²) in [6.07, 6.45) is 0. The minimum Gasteiger partial charge on any atom is -0.465 e. The molecule has 0 spiro atoms. The number of ether oxygens (including phenoxy) is 2. The summed E-state index contributed by atoms with van der Waals surface area (Å²) in [5, 5.41) is 3.36. The number of aromatic nitrogens is 2. The lowest BCUT2D eigenvalue weighted by molar-refractivity contribution is 0.0299. The van der Waals surface area contributed by atoms with E-state index < -0.39 is 5.97 Å². The molecule has 0 saturated carbocycles. The number of benzene rings is 1. The van der Waals surface area contributed by atoms with E-state index in [1.807, 2.05) is 0 Å². The van der Waals surface area contributed by atoms with Crippen molar-refractivity contribution in [3.8, 4) is 0 Å². The Morgan fingerprint density at radius 3 is 2.67 bits per heavy atom. The number of halogens is 1. The van der Waals surface area contributed by atoms with E-state index >= 15 is 0 Å². The van der Waals surface area contributed by atoms with Gasteiger partial charge in [0.25, 0.3) is 5.91 Å². The number of nitrogens with zero attached hydrogens (tertiary/aromatic N) is 3. The van der Waals surface area contributed by atoms with Crippen molar-refractivity contribution < 1.29 is 19.1 Å². The summed E-state index contributed by atoms with van der Waals surface area (Å²) < 4.78 is 9.99. The third kappa shape index (κ3) is 4.53. The van der Waals surface area contributed by atoms with E-state index in [2.05, 4.69) is 15.3 Å². The fourth-order valence-electron chi connectivity index (χ4n) is 2.65. The Morgan fingerprint density at radius 1 is 1.22 bits per heavy atom. The van der Waals surface area contributed by atoms with E-state index in [1.165, 1.54) is 7.11 Å². The van der Waals surface area contributed by atoms with Gasteiger partial charge in [0, 0.05) is 18.8 Å². The molecule has 8 nitrogen and oxygen atoms in total. The quantitative estimate of drug-likeness (QED) is 0.801. The van der Waals surface area contributed by atoms with Crippen molar-refractivity contribution >= 4 is 35.1 Å². The molecule has 1 aromatic heterocycles. The normalized spacial score (nSPS) is 14.0. The second-order valence-corrected chi connectivity index (χ2v) is 6.34. The predicted octanol–water partition coefficient (Wildman–Crippen LogP) is 2.44. The Balaban J connectivity index is 1.86. The highest BCUT2D eigenvalue weighted by Crippen LogP contribution is 2.26. The number of hydrogen-bond donors (Lipinski definition) is 1. The molecule has 2 aromatic rings. The van der Waals surface area contributed by atoms with Gasteiger partial charge in [-0.05, 0) is 31.2 Å². The lowest BCUT2D eigenvalue weighted by Crippen LogP contribution is -2.41. The minimum absolute atomic E-state index is 0.179. The number of morpholine rings is 1. The molecule has 1 N–H and O–H groups in total. The molecule has 1 saturated heterocycles. The molecular weight excluding hydrogens is 372 g/mol. The van der Waals surface area contributed by atoms with Crippen LogP contribution in [-0.2, 0) is 9.47 Å². The van der Waals surface area contributed by atoms with Crippen molar-refractivity contribution in [3.05, 3.63) is 46.2 Å².